The van der Waals surface area contributed by atoms with E-state index in [0.717, 1.165) is 23.1 Å². The molecule has 18 heavy (non-hydrogen) atoms. The molecule has 5 heteroatoms. The summed E-state index contributed by atoms with van der Waals surface area (Å²) in [6, 6.07) is 7.84. The van der Waals surface area contributed by atoms with E-state index in [-0.39, 0.29) is 11.8 Å². The minimum absolute atomic E-state index is 0.0293. The quantitative estimate of drug-likeness (QED) is 0.871. The number of fused-ring (bicyclic) bond motifs is 1. The Bertz CT molecular complexity index is 505. The Labute approximate surface area is 110 Å². The average Bonchev–Trinajstić information content (AvgIpc) is 2.77. The predicted octanol–water partition coefficient (Wildman–Crippen LogP) is 2.61. The lowest BCUT2D eigenvalue weighted by molar-refractivity contribution is -0.119. The van der Waals surface area contributed by atoms with Crippen molar-refractivity contribution >= 4 is 32.6 Å². The van der Waals surface area contributed by atoms with E-state index >= 15 is 0 Å². The molecular formula is C13H17N3OS. The number of carbonyl (C=O) groups is 1. The summed E-state index contributed by atoms with van der Waals surface area (Å²) in [5.74, 6) is -0.152. The van der Waals surface area contributed by atoms with Crippen LogP contribution in [0.15, 0.2) is 24.3 Å². The maximum Gasteiger partial charge on any atom is 0.230 e. The van der Waals surface area contributed by atoms with E-state index in [0.29, 0.717) is 11.7 Å². The second kappa shape index (κ2) is 5.93. The first kappa shape index (κ1) is 13.0. The van der Waals surface area contributed by atoms with Crippen molar-refractivity contribution in [3.8, 4) is 0 Å². The van der Waals surface area contributed by atoms with Crippen molar-refractivity contribution in [3.05, 3.63) is 24.3 Å². The monoisotopic (exact) mass is 263 g/mol. The van der Waals surface area contributed by atoms with Crippen molar-refractivity contribution in [3.63, 3.8) is 0 Å². The summed E-state index contributed by atoms with van der Waals surface area (Å²) in [7, 11) is 0. The number of hydrogen-bond donors (Lipinski definition) is 2. The van der Waals surface area contributed by atoms with Gasteiger partial charge in [-0.3, -0.25) is 4.79 Å². The Balaban J connectivity index is 2.10. The molecule has 0 aliphatic carbocycles. The molecule has 1 unspecified atom stereocenters. The van der Waals surface area contributed by atoms with Crippen molar-refractivity contribution < 1.29 is 4.79 Å². The van der Waals surface area contributed by atoms with Gasteiger partial charge < -0.3 is 11.1 Å². The van der Waals surface area contributed by atoms with E-state index in [1.54, 1.807) is 0 Å². The molecule has 4 nitrogen and oxygen atoms in total. The smallest absolute Gasteiger partial charge is 0.230 e. The standard InChI is InChI=1S/C13H17N3OS/c1-2-5-9(8-14)12(17)16-13-15-10-6-3-4-7-11(10)18-13/h3-4,6-7,9H,2,5,8,14H2,1H3,(H,15,16,17). The maximum absolute atomic E-state index is 12.0. The van der Waals surface area contributed by atoms with Gasteiger partial charge in [-0.1, -0.05) is 36.8 Å². The minimum atomic E-state index is -0.123. The van der Waals surface area contributed by atoms with Gasteiger partial charge in [0.15, 0.2) is 5.13 Å². The number of anilines is 1. The van der Waals surface area contributed by atoms with Crippen LogP contribution in [0.25, 0.3) is 10.2 Å². The fourth-order valence-electron chi connectivity index (χ4n) is 1.84. The van der Waals surface area contributed by atoms with Crippen LogP contribution in [-0.2, 0) is 4.79 Å². The van der Waals surface area contributed by atoms with Crippen molar-refractivity contribution in [2.75, 3.05) is 11.9 Å². The number of hydrogen-bond acceptors (Lipinski definition) is 4. The first-order chi connectivity index (χ1) is 8.74. The second-order valence-corrected chi connectivity index (χ2v) is 5.23. The molecule has 0 fully saturated rings. The van der Waals surface area contributed by atoms with E-state index < -0.39 is 0 Å². The number of rotatable bonds is 5. The highest BCUT2D eigenvalue weighted by molar-refractivity contribution is 7.22. The van der Waals surface area contributed by atoms with Gasteiger partial charge in [-0.25, -0.2) is 4.98 Å². The van der Waals surface area contributed by atoms with Crippen LogP contribution < -0.4 is 11.1 Å². The number of amides is 1. The highest BCUT2D eigenvalue weighted by Gasteiger charge is 2.17. The Morgan fingerprint density at radius 1 is 1.50 bits per heavy atom. The van der Waals surface area contributed by atoms with Gasteiger partial charge in [-0.05, 0) is 18.6 Å². The molecule has 0 radical (unpaired) electrons. The number of nitrogens with one attached hydrogen (secondary N) is 1. The SMILES string of the molecule is CCCC(CN)C(=O)Nc1nc2ccccc2s1. The molecular weight excluding hydrogens is 246 g/mol. The van der Waals surface area contributed by atoms with Crippen molar-refractivity contribution in [1.82, 2.24) is 4.98 Å². The summed E-state index contributed by atoms with van der Waals surface area (Å²) in [6.45, 7) is 2.43. The molecule has 1 aromatic carbocycles. The molecule has 0 saturated heterocycles. The van der Waals surface area contributed by atoms with Gasteiger partial charge in [0.05, 0.1) is 16.1 Å². The summed E-state index contributed by atoms with van der Waals surface area (Å²) in [5, 5.41) is 3.50. The largest absolute Gasteiger partial charge is 0.330 e. The molecule has 0 saturated carbocycles. The second-order valence-electron chi connectivity index (χ2n) is 4.20. The van der Waals surface area contributed by atoms with E-state index in [1.807, 2.05) is 31.2 Å². The third kappa shape index (κ3) is 2.86. The maximum atomic E-state index is 12.0. The topological polar surface area (TPSA) is 68.0 Å². The Hall–Kier alpha value is -1.46. The van der Waals surface area contributed by atoms with Crippen LogP contribution in [0.5, 0.6) is 0 Å². The number of nitrogens with zero attached hydrogens (tertiary/aromatic N) is 1. The van der Waals surface area contributed by atoms with E-state index in [1.165, 1.54) is 11.3 Å². The molecule has 96 valence electrons. The van der Waals surface area contributed by atoms with E-state index in [9.17, 15) is 4.79 Å². The number of benzene rings is 1. The number of carbonyl (C=O) groups excluding carboxylic acids is 1. The Morgan fingerprint density at radius 2 is 2.28 bits per heavy atom. The van der Waals surface area contributed by atoms with Crippen LogP contribution in [0.2, 0.25) is 0 Å². The molecule has 0 aliphatic rings. The summed E-state index contributed by atoms with van der Waals surface area (Å²) in [4.78, 5) is 16.4. The highest BCUT2D eigenvalue weighted by atomic mass is 32.1. The molecule has 0 bridgehead atoms. The third-order valence-electron chi connectivity index (χ3n) is 2.82. The summed E-state index contributed by atoms with van der Waals surface area (Å²) < 4.78 is 1.08. The van der Waals surface area contributed by atoms with Gasteiger partial charge in [-0.15, -0.1) is 0 Å². The Kier molecular flexibility index (Phi) is 4.28. The fourth-order valence-corrected chi connectivity index (χ4v) is 2.71. The van der Waals surface area contributed by atoms with Gasteiger partial charge in [0.2, 0.25) is 5.91 Å². The first-order valence-corrected chi connectivity index (χ1v) is 6.92. The normalized spacial score (nSPS) is 12.6. The van der Waals surface area contributed by atoms with Crippen LogP contribution in [0.4, 0.5) is 5.13 Å². The average molecular weight is 263 g/mol. The molecule has 1 atom stereocenters. The zero-order valence-corrected chi connectivity index (χ0v) is 11.2. The molecule has 0 spiro atoms. The number of aromatic nitrogens is 1. The lowest BCUT2D eigenvalue weighted by Crippen LogP contribution is -2.29. The Morgan fingerprint density at radius 3 is 2.94 bits per heavy atom. The summed E-state index contributed by atoms with van der Waals surface area (Å²) in [6.07, 6.45) is 1.77. The third-order valence-corrected chi connectivity index (χ3v) is 3.77. The number of thiazole rings is 1. The van der Waals surface area contributed by atoms with Crippen molar-refractivity contribution in [2.45, 2.75) is 19.8 Å². The van der Waals surface area contributed by atoms with E-state index in [2.05, 4.69) is 10.3 Å². The van der Waals surface area contributed by atoms with Gasteiger partial charge in [0, 0.05) is 6.54 Å². The molecule has 0 aliphatic heterocycles. The van der Waals surface area contributed by atoms with Crippen LogP contribution in [0, 0.1) is 5.92 Å². The molecule has 2 aromatic rings. The van der Waals surface area contributed by atoms with Crippen LogP contribution >= 0.6 is 11.3 Å². The first-order valence-electron chi connectivity index (χ1n) is 6.11. The van der Waals surface area contributed by atoms with E-state index in [4.69, 9.17) is 5.73 Å². The predicted molar refractivity (Wildman–Crippen MR) is 75.7 cm³/mol. The lowest BCUT2D eigenvalue weighted by atomic mass is 10.0. The molecule has 1 aromatic heterocycles. The van der Waals surface area contributed by atoms with Crippen molar-refractivity contribution in [1.29, 1.82) is 0 Å². The zero-order chi connectivity index (χ0) is 13.0. The van der Waals surface area contributed by atoms with Crippen LogP contribution in [0.1, 0.15) is 19.8 Å². The number of para-hydroxylation sites is 1. The van der Waals surface area contributed by atoms with Gasteiger partial charge in [0.1, 0.15) is 0 Å². The zero-order valence-electron chi connectivity index (χ0n) is 10.3. The molecule has 2 rings (SSSR count). The molecule has 1 amide bonds. The van der Waals surface area contributed by atoms with Gasteiger partial charge in [0.25, 0.3) is 0 Å². The summed E-state index contributed by atoms with van der Waals surface area (Å²) >= 11 is 1.49. The molecule has 3 N–H and O–H groups in total. The fraction of sp³-hybridized carbons (Fsp3) is 0.385. The van der Waals surface area contributed by atoms with Crippen LogP contribution in [0.3, 0.4) is 0 Å². The molecule has 1 heterocycles. The van der Waals surface area contributed by atoms with Crippen molar-refractivity contribution in [2.24, 2.45) is 11.7 Å². The number of nitrogens with two attached hydrogens (primary N) is 1. The lowest BCUT2D eigenvalue weighted by Gasteiger charge is -2.11. The highest BCUT2D eigenvalue weighted by Crippen LogP contribution is 2.25. The van der Waals surface area contributed by atoms with Gasteiger partial charge >= 0.3 is 0 Å². The van der Waals surface area contributed by atoms with Gasteiger partial charge in [-0.2, -0.15) is 0 Å². The van der Waals surface area contributed by atoms with Crippen LogP contribution in [-0.4, -0.2) is 17.4 Å². The summed E-state index contributed by atoms with van der Waals surface area (Å²) in [5.41, 5.74) is 6.53. The minimum Gasteiger partial charge on any atom is -0.330 e.